The van der Waals surface area contributed by atoms with E-state index in [4.69, 9.17) is 23.0 Å². The molecule has 0 fully saturated rings. The Morgan fingerprint density at radius 3 is 1.88 bits per heavy atom. The predicted molar refractivity (Wildman–Crippen MR) is 128 cm³/mol. The number of carbonyl (C=O) groups is 2. The number of hydrogen-bond donors (Lipinski definition) is 2. The number of amides is 1. The van der Waals surface area contributed by atoms with E-state index in [0.29, 0.717) is 0 Å². The van der Waals surface area contributed by atoms with Gasteiger partial charge in [0.1, 0.15) is 0 Å². The number of benzene rings is 1. The van der Waals surface area contributed by atoms with Crippen LogP contribution in [0.3, 0.4) is 0 Å². The molecular weight excluding hydrogens is 449 g/mol. The molecule has 0 saturated heterocycles. The molecule has 190 valence electrons. The predicted octanol–water partition coefficient (Wildman–Crippen LogP) is 4.67. The van der Waals surface area contributed by atoms with E-state index in [0.717, 1.165) is 5.56 Å². The van der Waals surface area contributed by atoms with Crippen LogP contribution in [0.5, 0.6) is 0 Å². The van der Waals surface area contributed by atoms with E-state index >= 15 is 0 Å². The molecule has 0 aromatic heterocycles. The van der Waals surface area contributed by atoms with Crippen molar-refractivity contribution in [2.45, 2.75) is 91.8 Å². The van der Waals surface area contributed by atoms with Crippen molar-refractivity contribution in [3.63, 3.8) is 0 Å². The Morgan fingerprint density at radius 2 is 1.42 bits per heavy atom. The fourth-order valence-electron chi connectivity index (χ4n) is 2.49. The second kappa shape index (κ2) is 11.6. The van der Waals surface area contributed by atoms with Crippen molar-refractivity contribution in [3.8, 4) is 0 Å². The first-order valence-electron chi connectivity index (χ1n) is 10.8. The standard InChI is InChI=1S/C23H40NO8P/c1-21(2,3)30-20(26)24-18(19(25)28-15-17-13-11-10-12-14-17)16-29-33(27,31-22(4,5)6)32-23(7,8)9/h10-14,18,27,33H,15-16H2,1-9H3,(H,24,26)/t18-/m0/s1. The molecule has 0 unspecified atom stereocenters. The number of alkyl carbamates (subject to hydrolysis) is 1. The number of nitrogens with one attached hydrogen (secondary N) is 1. The first-order valence-corrected chi connectivity index (χ1v) is 12.5. The summed E-state index contributed by atoms with van der Waals surface area (Å²) in [7, 11) is -4.21. The minimum absolute atomic E-state index is 0.00481. The third-order valence-corrected chi connectivity index (χ3v) is 5.77. The van der Waals surface area contributed by atoms with Crippen molar-refractivity contribution in [1.29, 1.82) is 0 Å². The maximum absolute atomic E-state index is 12.8. The molecular formula is C23H40NO8P. The number of carbonyl (C=O) groups excluding carboxylic acids is 2. The van der Waals surface area contributed by atoms with Gasteiger partial charge in [-0.2, -0.15) is 0 Å². The van der Waals surface area contributed by atoms with Crippen molar-refractivity contribution < 1.29 is 37.5 Å². The topological polar surface area (TPSA) is 113 Å². The third-order valence-electron chi connectivity index (χ3n) is 3.50. The maximum atomic E-state index is 12.8. The van der Waals surface area contributed by atoms with Crippen LogP contribution in [0, 0.1) is 0 Å². The fraction of sp³-hybridized carbons (Fsp3) is 0.652. The molecule has 0 bridgehead atoms. The summed E-state index contributed by atoms with van der Waals surface area (Å²) < 4.78 is 27.6. The molecule has 33 heavy (non-hydrogen) atoms. The average Bonchev–Trinajstić information content (AvgIpc) is 2.59. The van der Waals surface area contributed by atoms with Gasteiger partial charge in [-0.3, -0.25) is 0 Å². The second-order valence-corrected chi connectivity index (χ2v) is 12.3. The number of esters is 1. The van der Waals surface area contributed by atoms with E-state index in [-0.39, 0.29) is 6.61 Å². The second-order valence-electron chi connectivity index (χ2n) is 10.6. The van der Waals surface area contributed by atoms with Crippen molar-refractivity contribution in [2.75, 3.05) is 6.61 Å². The molecule has 0 aliphatic heterocycles. The van der Waals surface area contributed by atoms with Crippen LogP contribution in [-0.4, -0.2) is 46.4 Å². The number of ether oxygens (including phenoxy) is 2. The first kappa shape index (κ1) is 29.3. The normalized spacial score (nSPS) is 14.4. The van der Waals surface area contributed by atoms with E-state index in [1.54, 1.807) is 74.4 Å². The van der Waals surface area contributed by atoms with Gasteiger partial charge in [-0.05, 0) is 0 Å². The molecule has 10 heteroatoms. The molecule has 0 radical (unpaired) electrons. The van der Waals surface area contributed by atoms with Gasteiger partial charge in [0, 0.05) is 0 Å². The molecule has 1 amide bonds. The molecule has 0 heterocycles. The van der Waals surface area contributed by atoms with Gasteiger partial charge < -0.3 is 0 Å². The van der Waals surface area contributed by atoms with Gasteiger partial charge in [0.25, 0.3) is 0 Å². The summed E-state index contributed by atoms with van der Waals surface area (Å²) in [6.07, 6.45) is -0.827. The summed E-state index contributed by atoms with van der Waals surface area (Å²) in [6, 6.07) is 7.83. The average molecular weight is 490 g/mol. The summed E-state index contributed by atoms with van der Waals surface area (Å²) >= 11 is 0. The molecule has 0 aliphatic carbocycles. The van der Waals surface area contributed by atoms with E-state index in [9.17, 15) is 14.5 Å². The van der Waals surface area contributed by atoms with Gasteiger partial charge in [-0.25, -0.2) is 0 Å². The monoisotopic (exact) mass is 489 g/mol. The molecule has 1 aromatic carbocycles. The quantitative estimate of drug-likeness (QED) is 0.380. The van der Waals surface area contributed by atoms with Gasteiger partial charge in [-0.15, -0.1) is 0 Å². The van der Waals surface area contributed by atoms with Crippen molar-refractivity contribution >= 4 is 20.2 Å². The summed E-state index contributed by atoms with van der Waals surface area (Å²) in [5, 5.41) is 2.45. The van der Waals surface area contributed by atoms with Crippen LogP contribution in [0.25, 0.3) is 0 Å². The molecule has 1 atom stereocenters. The number of hydrogen-bond acceptors (Lipinski definition) is 8. The van der Waals surface area contributed by atoms with Crippen molar-refractivity contribution in [1.82, 2.24) is 5.32 Å². The van der Waals surface area contributed by atoms with Crippen LogP contribution in [0.1, 0.15) is 67.9 Å². The summed E-state index contributed by atoms with van der Waals surface area (Å²) in [6.45, 7) is 15.1. The first-order chi connectivity index (χ1) is 14.9. The van der Waals surface area contributed by atoms with E-state index in [1.165, 1.54) is 0 Å². The SMILES string of the molecule is CC(C)(C)OC(=O)N[C@@H](CO[PH](O)(OC(C)(C)C)OC(C)(C)C)C(=O)OCc1ccccc1. The van der Waals surface area contributed by atoms with Crippen LogP contribution in [0.15, 0.2) is 30.3 Å². The molecule has 2 N–H and O–H groups in total. The Hall–Kier alpha value is -1.77. The van der Waals surface area contributed by atoms with Crippen LogP contribution >= 0.6 is 8.17 Å². The Morgan fingerprint density at radius 1 is 0.909 bits per heavy atom. The van der Waals surface area contributed by atoms with Crippen molar-refractivity contribution in [2.24, 2.45) is 0 Å². The zero-order valence-electron chi connectivity index (χ0n) is 21.2. The Kier molecular flexibility index (Phi) is 10.3. The molecule has 0 aliphatic rings. The Balaban J connectivity index is 2.99. The third kappa shape index (κ3) is 13.5. The molecule has 1 rings (SSSR count). The summed E-state index contributed by atoms with van der Waals surface area (Å²) in [5.41, 5.74) is -1.56. The van der Waals surface area contributed by atoms with Crippen molar-refractivity contribution in [3.05, 3.63) is 35.9 Å². The van der Waals surface area contributed by atoms with Gasteiger partial charge in [0.05, 0.1) is 0 Å². The summed E-state index contributed by atoms with van der Waals surface area (Å²) in [4.78, 5) is 36.1. The molecule has 1 aromatic rings. The van der Waals surface area contributed by atoms with E-state index in [2.05, 4.69) is 5.32 Å². The summed E-state index contributed by atoms with van der Waals surface area (Å²) in [5.74, 6) is -0.757. The van der Waals surface area contributed by atoms with Gasteiger partial charge in [0.15, 0.2) is 0 Å². The van der Waals surface area contributed by atoms with E-state index in [1.807, 2.05) is 18.2 Å². The molecule has 0 saturated carbocycles. The van der Waals surface area contributed by atoms with Crippen LogP contribution < -0.4 is 5.32 Å². The zero-order chi connectivity index (χ0) is 25.5. The van der Waals surface area contributed by atoms with Crippen LogP contribution in [0.4, 0.5) is 4.79 Å². The number of rotatable bonds is 9. The van der Waals surface area contributed by atoms with Crippen LogP contribution in [0.2, 0.25) is 0 Å². The van der Waals surface area contributed by atoms with E-state index < -0.39 is 49.7 Å². The Bertz CT molecular complexity index is 749. The van der Waals surface area contributed by atoms with Gasteiger partial charge in [-0.1, -0.05) is 0 Å². The van der Waals surface area contributed by atoms with Gasteiger partial charge >= 0.3 is 197 Å². The zero-order valence-corrected chi connectivity index (χ0v) is 22.2. The van der Waals surface area contributed by atoms with Gasteiger partial charge in [0.2, 0.25) is 0 Å². The fourth-order valence-corrected chi connectivity index (χ4v) is 4.57. The van der Waals surface area contributed by atoms with Crippen LogP contribution in [-0.2, 0) is 34.4 Å². The Labute approximate surface area is 197 Å². The minimum atomic E-state index is -4.21. The molecule has 0 spiro atoms. The molecule has 9 nitrogen and oxygen atoms in total.